The first-order valence-corrected chi connectivity index (χ1v) is 5.70. The molecule has 0 spiro atoms. The van der Waals surface area contributed by atoms with Gasteiger partial charge in [-0.25, -0.2) is 0 Å². The van der Waals surface area contributed by atoms with Crippen molar-refractivity contribution in [1.82, 2.24) is 4.90 Å². The summed E-state index contributed by atoms with van der Waals surface area (Å²) in [6.07, 6.45) is 0. The molecule has 2 N–H and O–H groups in total. The van der Waals surface area contributed by atoms with Gasteiger partial charge in [-0.15, -0.1) is 0 Å². The second kappa shape index (κ2) is 4.89. The number of hydrogen-bond donors (Lipinski definition) is 2. The Kier molecular flexibility index (Phi) is 4.74. The molecule has 0 bridgehead atoms. The topological polar surface area (TPSA) is 86.8 Å². The van der Waals surface area contributed by atoms with E-state index in [1.54, 1.807) is 0 Å². The number of nitrogens with zero attached hydrogens (tertiary/aromatic N) is 2. The predicted molar refractivity (Wildman–Crippen MR) is 51.0 cm³/mol. The summed E-state index contributed by atoms with van der Waals surface area (Å²) in [7, 11) is -0.612. The Morgan fingerprint density at radius 3 is 2.07 bits per heavy atom. The third-order valence-electron chi connectivity index (χ3n) is 2.26. The minimum Gasteiger partial charge on any atom is -0.756 e. The molecule has 1 aliphatic rings. The average molecular weight is 224 g/mol. The lowest BCUT2D eigenvalue weighted by Crippen LogP contribution is -2.21. The molecule has 0 aliphatic carbocycles. The lowest BCUT2D eigenvalue weighted by Gasteiger charge is -2.01. The van der Waals surface area contributed by atoms with Crippen LogP contribution in [0, 0.1) is 0 Å². The minimum atomic E-state index is -4.89. The predicted octanol–water partition coefficient (Wildman–Crippen LogP) is -1.18. The van der Waals surface area contributed by atoms with Crippen LogP contribution < -0.4 is 4.89 Å². The molecular weight excluding hydrogens is 207 g/mol. The number of rotatable bonds is 0. The average Bonchev–Trinajstić information content (AvgIpc) is 2.14. The van der Waals surface area contributed by atoms with E-state index in [1.807, 2.05) is 0 Å². The van der Waals surface area contributed by atoms with Gasteiger partial charge in [-0.3, -0.25) is 14.0 Å². The van der Waals surface area contributed by atoms with Crippen LogP contribution in [0.4, 0.5) is 0 Å². The molecule has 1 rings (SSSR count). The fraction of sp³-hybridized carbons (Fsp3) is 0.857. The van der Waals surface area contributed by atoms with Crippen molar-refractivity contribution < 1.29 is 23.8 Å². The smallest absolute Gasteiger partial charge is 0.262 e. The molecule has 7 heteroatoms. The summed E-state index contributed by atoms with van der Waals surface area (Å²) in [5.41, 5.74) is 0. The van der Waals surface area contributed by atoms with Crippen molar-refractivity contribution in [1.29, 1.82) is 0 Å². The largest absolute Gasteiger partial charge is 0.756 e. The van der Waals surface area contributed by atoms with E-state index in [1.165, 1.54) is 12.4 Å². The van der Waals surface area contributed by atoms with Crippen molar-refractivity contribution in [2.75, 3.05) is 20.6 Å². The second-order valence-corrected chi connectivity index (χ2v) is 4.36. The van der Waals surface area contributed by atoms with E-state index < -0.39 is 7.82 Å². The molecule has 1 heterocycles. The highest BCUT2D eigenvalue weighted by Crippen LogP contribution is 2.18. The quantitative estimate of drug-likeness (QED) is 0.399. The van der Waals surface area contributed by atoms with Crippen molar-refractivity contribution in [3.8, 4) is 0 Å². The van der Waals surface area contributed by atoms with E-state index in [0.29, 0.717) is 6.04 Å². The first kappa shape index (κ1) is 13.6. The van der Waals surface area contributed by atoms with Crippen molar-refractivity contribution in [2.24, 2.45) is 0 Å². The standard InChI is InChI=1S/C7H15N2.H3O4P/c1-6-5-8(3)7(2)9(6)4;1-5(2,3)4/h6H,5H2,1-4H3;(H3,1,2,3,4)/q+1;/p-1. The molecule has 84 valence electrons. The molecular formula is C7H17N2O4P. The maximum absolute atomic E-state index is 8.77. The summed E-state index contributed by atoms with van der Waals surface area (Å²) in [5.74, 6) is 1.38. The summed E-state index contributed by atoms with van der Waals surface area (Å²) >= 11 is 0. The molecule has 0 aromatic heterocycles. The van der Waals surface area contributed by atoms with Gasteiger partial charge in [-0.1, -0.05) is 0 Å². The van der Waals surface area contributed by atoms with Crippen LogP contribution in [0.1, 0.15) is 13.8 Å². The van der Waals surface area contributed by atoms with Gasteiger partial charge in [0.2, 0.25) is 5.84 Å². The maximum atomic E-state index is 8.77. The van der Waals surface area contributed by atoms with Gasteiger partial charge in [0.15, 0.2) is 0 Å². The SMILES string of the molecule is CC1=[N+](C)C(C)CN1C.O=P([O-])(O)O. The van der Waals surface area contributed by atoms with Crippen LogP contribution in [-0.4, -0.2) is 51.8 Å². The molecule has 0 amide bonds. The molecule has 0 aromatic rings. The van der Waals surface area contributed by atoms with E-state index in [2.05, 4.69) is 37.4 Å². The zero-order valence-electron chi connectivity index (χ0n) is 8.84. The van der Waals surface area contributed by atoms with Gasteiger partial charge >= 0.3 is 0 Å². The van der Waals surface area contributed by atoms with Crippen LogP contribution in [0.25, 0.3) is 0 Å². The molecule has 0 fully saturated rings. The Labute approximate surface area is 83.7 Å². The van der Waals surface area contributed by atoms with Crippen LogP contribution in [0.2, 0.25) is 0 Å². The zero-order chi connectivity index (χ0) is 11.5. The molecule has 6 nitrogen and oxygen atoms in total. The second-order valence-electron chi connectivity index (χ2n) is 3.38. The van der Waals surface area contributed by atoms with Crippen LogP contribution >= 0.6 is 7.82 Å². The maximum Gasteiger partial charge on any atom is 0.262 e. The summed E-state index contributed by atoms with van der Waals surface area (Å²) in [6, 6.07) is 0.690. The Morgan fingerprint density at radius 2 is 2.00 bits per heavy atom. The van der Waals surface area contributed by atoms with Gasteiger partial charge in [0, 0.05) is 6.92 Å². The highest BCUT2D eigenvalue weighted by Gasteiger charge is 2.26. The fourth-order valence-corrected chi connectivity index (χ4v) is 1.24. The van der Waals surface area contributed by atoms with Gasteiger partial charge in [-0.2, -0.15) is 0 Å². The van der Waals surface area contributed by atoms with Crippen molar-refractivity contribution >= 4 is 13.7 Å². The van der Waals surface area contributed by atoms with Gasteiger partial charge in [0.05, 0.1) is 14.1 Å². The van der Waals surface area contributed by atoms with Gasteiger partial charge in [0.25, 0.3) is 7.82 Å². The molecule has 0 aromatic carbocycles. The zero-order valence-corrected chi connectivity index (χ0v) is 9.73. The Balaban J connectivity index is 0.000000292. The first-order chi connectivity index (χ1) is 6.13. The van der Waals surface area contributed by atoms with Crippen molar-refractivity contribution in [3.63, 3.8) is 0 Å². The van der Waals surface area contributed by atoms with Crippen LogP contribution in [0.15, 0.2) is 0 Å². The van der Waals surface area contributed by atoms with Crippen LogP contribution in [-0.2, 0) is 4.57 Å². The van der Waals surface area contributed by atoms with Gasteiger partial charge in [-0.05, 0) is 6.92 Å². The molecule has 0 radical (unpaired) electrons. The highest BCUT2D eigenvalue weighted by atomic mass is 31.2. The molecule has 0 saturated carbocycles. The van der Waals surface area contributed by atoms with Crippen LogP contribution in [0.3, 0.4) is 0 Å². The Hall–Kier alpha value is -0.420. The summed E-state index contributed by atoms with van der Waals surface area (Å²) in [5, 5.41) is 0. The lowest BCUT2D eigenvalue weighted by atomic mass is 10.3. The summed E-state index contributed by atoms with van der Waals surface area (Å²) in [6.45, 7) is 5.57. The van der Waals surface area contributed by atoms with Crippen LogP contribution in [0.5, 0.6) is 0 Å². The normalized spacial score (nSPS) is 22.2. The number of hydrogen-bond acceptors (Lipinski definition) is 3. The first-order valence-electron chi connectivity index (χ1n) is 4.17. The summed E-state index contributed by atoms with van der Waals surface area (Å²) < 4.78 is 11.1. The van der Waals surface area contributed by atoms with E-state index in [0.717, 1.165) is 0 Å². The Bertz CT molecular complexity index is 249. The van der Waals surface area contributed by atoms with E-state index in [9.17, 15) is 0 Å². The van der Waals surface area contributed by atoms with Gasteiger partial charge in [0.1, 0.15) is 12.6 Å². The number of likely N-dealkylation sites (N-methyl/N-ethyl adjacent to an activating group) is 2. The van der Waals surface area contributed by atoms with Gasteiger partial charge < -0.3 is 14.7 Å². The van der Waals surface area contributed by atoms with Crippen molar-refractivity contribution in [3.05, 3.63) is 0 Å². The molecule has 1 aliphatic heterocycles. The molecule has 14 heavy (non-hydrogen) atoms. The highest BCUT2D eigenvalue weighted by molar-refractivity contribution is 7.43. The number of phosphoric acid groups is 1. The van der Waals surface area contributed by atoms with E-state index >= 15 is 0 Å². The van der Waals surface area contributed by atoms with Crippen molar-refractivity contribution in [2.45, 2.75) is 19.9 Å². The minimum absolute atomic E-state index is 0.690. The molecule has 0 saturated heterocycles. The lowest BCUT2D eigenvalue weighted by molar-refractivity contribution is -0.523. The molecule has 1 atom stereocenters. The van der Waals surface area contributed by atoms with E-state index in [4.69, 9.17) is 19.2 Å². The monoisotopic (exact) mass is 224 g/mol. The third kappa shape index (κ3) is 5.34. The van der Waals surface area contributed by atoms with E-state index in [-0.39, 0.29) is 0 Å². The fourth-order valence-electron chi connectivity index (χ4n) is 1.24. The summed E-state index contributed by atoms with van der Waals surface area (Å²) in [4.78, 5) is 25.2. The molecule has 1 unspecified atom stereocenters. The number of amidine groups is 1. The third-order valence-corrected chi connectivity index (χ3v) is 2.26. The Morgan fingerprint density at radius 1 is 1.64 bits per heavy atom.